The number of aryl methyl sites for hydroxylation is 1. The molecule has 2 N–H and O–H groups in total. The summed E-state index contributed by atoms with van der Waals surface area (Å²) in [6.07, 6.45) is 1.49. The molecule has 22 heavy (non-hydrogen) atoms. The molecule has 0 aliphatic carbocycles. The number of benzene rings is 1. The zero-order valence-electron chi connectivity index (χ0n) is 11.4. The number of amides is 1. The lowest BCUT2D eigenvalue weighted by molar-refractivity contribution is -0.131. The number of halogens is 1. The molecule has 1 unspecified atom stereocenters. The number of nitrogens with zero attached hydrogens (tertiary/aromatic N) is 1. The fourth-order valence-electron chi connectivity index (χ4n) is 2.87. The molecule has 0 bridgehead atoms. The van der Waals surface area contributed by atoms with Crippen LogP contribution in [0.5, 0.6) is 0 Å². The summed E-state index contributed by atoms with van der Waals surface area (Å²) < 4.78 is 2.24. The Kier molecular flexibility index (Phi) is 3.69. The predicted molar refractivity (Wildman–Crippen MR) is 83.0 cm³/mol. The summed E-state index contributed by atoms with van der Waals surface area (Å²) in [6.45, 7) is 0.130. The van der Waals surface area contributed by atoms with E-state index in [-0.39, 0.29) is 18.9 Å². The SMILES string of the molecule is O=CC(=O)NCC1CCc2cc(Br)cc3[nH]c(=O)c(=O)n1c23. The first-order valence-corrected chi connectivity index (χ1v) is 7.50. The van der Waals surface area contributed by atoms with Crippen molar-refractivity contribution in [3.8, 4) is 0 Å². The molecule has 1 amide bonds. The van der Waals surface area contributed by atoms with Gasteiger partial charge in [-0.3, -0.25) is 23.7 Å². The number of hydrogen-bond acceptors (Lipinski definition) is 4. The van der Waals surface area contributed by atoms with Gasteiger partial charge >= 0.3 is 11.1 Å². The third-order valence-electron chi connectivity index (χ3n) is 3.79. The number of nitrogens with one attached hydrogen (secondary N) is 2. The maximum absolute atomic E-state index is 12.2. The second kappa shape index (κ2) is 5.53. The molecule has 0 radical (unpaired) electrons. The lowest BCUT2D eigenvalue weighted by Gasteiger charge is -2.27. The Hall–Kier alpha value is -2.22. The highest BCUT2D eigenvalue weighted by molar-refractivity contribution is 9.10. The Bertz CT molecular complexity index is 899. The van der Waals surface area contributed by atoms with E-state index in [0.717, 1.165) is 10.0 Å². The number of H-pyrrole nitrogens is 1. The van der Waals surface area contributed by atoms with Gasteiger partial charge in [-0.2, -0.15) is 0 Å². The summed E-state index contributed by atoms with van der Waals surface area (Å²) in [4.78, 5) is 48.2. The van der Waals surface area contributed by atoms with Crippen LogP contribution in [-0.4, -0.2) is 28.3 Å². The molecule has 0 fully saturated rings. The van der Waals surface area contributed by atoms with Crippen molar-refractivity contribution in [3.05, 3.63) is 42.9 Å². The Morgan fingerprint density at radius 1 is 1.45 bits per heavy atom. The number of rotatable bonds is 3. The van der Waals surface area contributed by atoms with Crippen molar-refractivity contribution in [3.63, 3.8) is 0 Å². The monoisotopic (exact) mass is 365 g/mol. The van der Waals surface area contributed by atoms with Crippen LogP contribution in [0.1, 0.15) is 18.0 Å². The zero-order chi connectivity index (χ0) is 15.9. The van der Waals surface area contributed by atoms with Gasteiger partial charge in [0.15, 0.2) is 0 Å². The lowest BCUT2D eigenvalue weighted by atomic mass is 9.98. The zero-order valence-corrected chi connectivity index (χ0v) is 13.0. The Morgan fingerprint density at radius 2 is 2.23 bits per heavy atom. The minimum Gasteiger partial charge on any atom is -0.348 e. The first kappa shape index (κ1) is 14.7. The lowest BCUT2D eigenvalue weighted by Crippen LogP contribution is -2.43. The summed E-state index contributed by atoms with van der Waals surface area (Å²) in [5.41, 5.74) is 0.840. The van der Waals surface area contributed by atoms with Crippen LogP contribution < -0.4 is 16.4 Å². The van der Waals surface area contributed by atoms with Crippen LogP contribution in [0.2, 0.25) is 0 Å². The normalized spacial score (nSPS) is 16.5. The Labute approximate surface area is 132 Å². The molecule has 8 heteroatoms. The van der Waals surface area contributed by atoms with Gasteiger partial charge in [-0.25, -0.2) is 0 Å². The van der Waals surface area contributed by atoms with Crippen molar-refractivity contribution < 1.29 is 9.59 Å². The van der Waals surface area contributed by atoms with Crippen molar-refractivity contribution in [1.82, 2.24) is 14.9 Å². The average Bonchev–Trinajstić information content (AvgIpc) is 2.50. The molecule has 7 nitrogen and oxygen atoms in total. The van der Waals surface area contributed by atoms with Crippen molar-refractivity contribution in [1.29, 1.82) is 0 Å². The summed E-state index contributed by atoms with van der Waals surface area (Å²) in [6, 6.07) is 3.30. The third kappa shape index (κ3) is 2.39. The first-order chi connectivity index (χ1) is 10.5. The van der Waals surface area contributed by atoms with Gasteiger partial charge in [-0.15, -0.1) is 0 Å². The van der Waals surface area contributed by atoms with E-state index in [1.807, 2.05) is 6.07 Å². The summed E-state index contributed by atoms with van der Waals surface area (Å²) in [7, 11) is 0. The number of aromatic amines is 1. The van der Waals surface area contributed by atoms with Gasteiger partial charge in [-0.05, 0) is 30.5 Å². The van der Waals surface area contributed by atoms with Gasteiger partial charge in [0, 0.05) is 11.0 Å². The highest BCUT2D eigenvalue weighted by Gasteiger charge is 2.24. The fraction of sp³-hybridized carbons (Fsp3) is 0.286. The van der Waals surface area contributed by atoms with Gasteiger partial charge in [0.25, 0.3) is 5.91 Å². The number of aldehydes is 1. The third-order valence-corrected chi connectivity index (χ3v) is 4.24. The van der Waals surface area contributed by atoms with E-state index in [9.17, 15) is 19.2 Å². The van der Waals surface area contributed by atoms with E-state index in [4.69, 9.17) is 0 Å². The van der Waals surface area contributed by atoms with Crippen LogP contribution in [0.25, 0.3) is 11.0 Å². The molecule has 0 saturated carbocycles. The number of hydrogen-bond donors (Lipinski definition) is 2. The number of aromatic nitrogens is 2. The second-order valence-electron chi connectivity index (χ2n) is 5.15. The molecule has 114 valence electrons. The molecule has 2 aromatic rings. The topological polar surface area (TPSA) is 101 Å². The molecular formula is C14H12BrN3O4. The van der Waals surface area contributed by atoms with Crippen LogP contribution in [0.3, 0.4) is 0 Å². The number of carbonyl (C=O) groups is 2. The summed E-state index contributed by atoms with van der Waals surface area (Å²) in [5.74, 6) is -0.740. The minimum absolute atomic E-state index is 0.130. The highest BCUT2D eigenvalue weighted by atomic mass is 79.9. The van der Waals surface area contributed by atoms with Crippen LogP contribution in [0, 0.1) is 0 Å². The largest absolute Gasteiger partial charge is 0.348 e. The van der Waals surface area contributed by atoms with Crippen molar-refractivity contribution in [2.75, 3.05) is 6.54 Å². The predicted octanol–water partition coefficient (Wildman–Crippen LogP) is 0.255. The van der Waals surface area contributed by atoms with Gasteiger partial charge in [0.2, 0.25) is 6.29 Å². The maximum Gasteiger partial charge on any atom is 0.317 e. The molecule has 0 spiro atoms. The Morgan fingerprint density at radius 3 is 2.95 bits per heavy atom. The second-order valence-corrected chi connectivity index (χ2v) is 6.06. The molecular weight excluding hydrogens is 354 g/mol. The molecule has 1 atom stereocenters. The van der Waals surface area contributed by atoms with E-state index in [1.54, 1.807) is 6.07 Å². The Balaban J connectivity index is 2.18. The molecule has 1 aromatic heterocycles. The molecule has 1 aliphatic rings. The molecule has 2 heterocycles. The van der Waals surface area contributed by atoms with Gasteiger partial charge in [0.1, 0.15) is 0 Å². The molecule has 1 aromatic carbocycles. The van der Waals surface area contributed by atoms with E-state index >= 15 is 0 Å². The van der Waals surface area contributed by atoms with Crippen LogP contribution in [0.15, 0.2) is 26.2 Å². The summed E-state index contributed by atoms with van der Waals surface area (Å²) in [5, 5.41) is 2.45. The molecule has 3 rings (SSSR count). The smallest absolute Gasteiger partial charge is 0.317 e. The molecule has 1 aliphatic heterocycles. The van der Waals surface area contributed by atoms with Gasteiger partial charge in [0.05, 0.1) is 17.1 Å². The average molecular weight is 366 g/mol. The highest BCUT2D eigenvalue weighted by Crippen LogP contribution is 2.30. The van der Waals surface area contributed by atoms with Gasteiger partial charge in [-0.1, -0.05) is 15.9 Å². The fourth-order valence-corrected chi connectivity index (χ4v) is 3.37. The van der Waals surface area contributed by atoms with Crippen LogP contribution in [0.4, 0.5) is 0 Å². The van der Waals surface area contributed by atoms with Crippen LogP contribution >= 0.6 is 15.9 Å². The van der Waals surface area contributed by atoms with E-state index < -0.39 is 17.0 Å². The number of carbonyl (C=O) groups excluding carboxylic acids is 2. The standard InChI is InChI=1S/C14H12BrN3O4/c15-8-3-7-1-2-9(5-16-11(20)6-19)18-12(7)10(4-8)17-13(21)14(18)22/h3-4,6,9H,1-2,5H2,(H,16,20)(H,17,21). The van der Waals surface area contributed by atoms with Gasteiger partial charge < -0.3 is 10.3 Å². The van der Waals surface area contributed by atoms with E-state index in [1.165, 1.54) is 4.57 Å². The summed E-state index contributed by atoms with van der Waals surface area (Å²) >= 11 is 3.38. The van der Waals surface area contributed by atoms with Crippen molar-refractivity contribution in [2.24, 2.45) is 0 Å². The quantitative estimate of drug-likeness (QED) is 0.601. The minimum atomic E-state index is -0.740. The van der Waals surface area contributed by atoms with Crippen molar-refractivity contribution >= 4 is 39.2 Å². The van der Waals surface area contributed by atoms with Crippen LogP contribution in [-0.2, 0) is 16.0 Å². The first-order valence-electron chi connectivity index (χ1n) is 6.71. The van der Waals surface area contributed by atoms with E-state index in [0.29, 0.717) is 23.9 Å². The molecule has 0 saturated heterocycles. The maximum atomic E-state index is 12.2. The van der Waals surface area contributed by atoms with E-state index in [2.05, 4.69) is 26.2 Å². The van der Waals surface area contributed by atoms with Crippen molar-refractivity contribution in [2.45, 2.75) is 18.9 Å².